The molecule has 4 heteroatoms. The van der Waals surface area contributed by atoms with Crippen molar-refractivity contribution in [1.29, 1.82) is 0 Å². The molecule has 1 aliphatic rings. The van der Waals surface area contributed by atoms with Gasteiger partial charge in [0.2, 0.25) is 5.91 Å². The lowest BCUT2D eigenvalue weighted by Crippen LogP contribution is -2.42. The molecule has 0 saturated carbocycles. The highest BCUT2D eigenvalue weighted by atomic mass is 16.5. The van der Waals surface area contributed by atoms with Crippen LogP contribution in [0, 0.1) is 0 Å². The molecule has 3 N–H and O–H groups in total. The molecule has 2 unspecified atom stereocenters. The number of nitrogens with two attached hydrogens (primary N) is 1. The highest BCUT2D eigenvalue weighted by Gasteiger charge is 2.25. The zero-order chi connectivity index (χ0) is 13.0. The van der Waals surface area contributed by atoms with Crippen molar-refractivity contribution in [3.8, 4) is 0 Å². The van der Waals surface area contributed by atoms with Crippen LogP contribution in [0.4, 0.5) is 0 Å². The Morgan fingerprint density at radius 2 is 2.33 bits per heavy atom. The number of rotatable bonds is 5. The minimum Gasteiger partial charge on any atom is -0.385 e. The molecule has 1 aromatic rings. The normalized spacial score (nSPS) is 19.3. The molecule has 0 spiro atoms. The molecule has 1 aliphatic carbocycles. The third-order valence-electron chi connectivity index (χ3n) is 3.42. The maximum absolute atomic E-state index is 11.9. The smallest absolute Gasteiger partial charge is 0.237 e. The lowest BCUT2D eigenvalue weighted by atomic mass is 10.1. The van der Waals surface area contributed by atoms with Gasteiger partial charge in [-0.2, -0.15) is 0 Å². The lowest BCUT2D eigenvalue weighted by molar-refractivity contribution is -0.123. The average Bonchev–Trinajstić information content (AvgIpc) is 2.79. The molecule has 2 rings (SSSR count). The first kappa shape index (κ1) is 13.1. The van der Waals surface area contributed by atoms with Gasteiger partial charge >= 0.3 is 0 Å². The first-order chi connectivity index (χ1) is 8.72. The summed E-state index contributed by atoms with van der Waals surface area (Å²) in [6.45, 7) is 0.510. The second-order valence-corrected chi connectivity index (χ2v) is 4.69. The fraction of sp³-hybridized carbons (Fsp3) is 0.500. The van der Waals surface area contributed by atoms with Crippen molar-refractivity contribution < 1.29 is 9.53 Å². The van der Waals surface area contributed by atoms with Crippen molar-refractivity contribution in [3.63, 3.8) is 0 Å². The van der Waals surface area contributed by atoms with Gasteiger partial charge in [-0.25, -0.2) is 0 Å². The molecule has 98 valence electrons. The summed E-state index contributed by atoms with van der Waals surface area (Å²) in [6.07, 6.45) is 2.53. The van der Waals surface area contributed by atoms with E-state index in [0.717, 1.165) is 12.8 Å². The number of nitrogens with one attached hydrogen (secondary N) is 1. The van der Waals surface area contributed by atoms with Crippen LogP contribution in [0.25, 0.3) is 0 Å². The van der Waals surface area contributed by atoms with Gasteiger partial charge in [-0.05, 0) is 30.4 Å². The molecule has 0 aliphatic heterocycles. The van der Waals surface area contributed by atoms with Crippen molar-refractivity contribution in [2.45, 2.75) is 31.3 Å². The van der Waals surface area contributed by atoms with Crippen LogP contribution >= 0.6 is 0 Å². The van der Waals surface area contributed by atoms with E-state index in [2.05, 4.69) is 17.4 Å². The Balaban J connectivity index is 1.93. The number of amides is 1. The Kier molecular flexibility index (Phi) is 4.33. The minimum atomic E-state index is -0.488. The molecule has 0 radical (unpaired) electrons. The zero-order valence-electron chi connectivity index (χ0n) is 10.7. The van der Waals surface area contributed by atoms with Crippen molar-refractivity contribution >= 4 is 5.91 Å². The summed E-state index contributed by atoms with van der Waals surface area (Å²) in [6, 6.07) is 7.86. The summed E-state index contributed by atoms with van der Waals surface area (Å²) in [5.41, 5.74) is 8.36. The van der Waals surface area contributed by atoms with Crippen molar-refractivity contribution in [2.75, 3.05) is 13.7 Å². The van der Waals surface area contributed by atoms with E-state index in [-0.39, 0.29) is 11.9 Å². The summed E-state index contributed by atoms with van der Waals surface area (Å²) in [4.78, 5) is 11.9. The summed E-state index contributed by atoms with van der Waals surface area (Å²) in [7, 11) is 1.61. The SMILES string of the molecule is COCCC(N)C(=O)NC1CCc2ccccc21. The number of carbonyl (C=O) groups excluding carboxylic acids is 1. The predicted molar refractivity (Wildman–Crippen MR) is 70.1 cm³/mol. The van der Waals surface area contributed by atoms with Crippen LogP contribution in [0.2, 0.25) is 0 Å². The second-order valence-electron chi connectivity index (χ2n) is 4.69. The molecule has 1 aromatic carbocycles. The van der Waals surface area contributed by atoms with Crippen LogP contribution in [0.5, 0.6) is 0 Å². The van der Waals surface area contributed by atoms with Crippen LogP contribution in [0.1, 0.15) is 30.0 Å². The highest BCUT2D eigenvalue weighted by molar-refractivity contribution is 5.82. The minimum absolute atomic E-state index is 0.0891. The standard InChI is InChI=1S/C14H20N2O2/c1-18-9-8-12(15)14(17)16-13-7-6-10-4-2-3-5-11(10)13/h2-5,12-13H,6-9,15H2,1H3,(H,16,17). The van der Waals surface area contributed by atoms with E-state index in [0.29, 0.717) is 13.0 Å². The topological polar surface area (TPSA) is 64.3 Å². The molecule has 0 aromatic heterocycles. The van der Waals surface area contributed by atoms with Crippen molar-refractivity contribution in [2.24, 2.45) is 5.73 Å². The van der Waals surface area contributed by atoms with E-state index in [1.54, 1.807) is 7.11 Å². The molecule has 2 atom stereocenters. The number of methoxy groups -OCH3 is 1. The van der Waals surface area contributed by atoms with Crippen LogP contribution in [-0.4, -0.2) is 25.7 Å². The van der Waals surface area contributed by atoms with Gasteiger partial charge in [0.25, 0.3) is 0 Å². The Morgan fingerprint density at radius 1 is 1.56 bits per heavy atom. The van der Waals surface area contributed by atoms with Gasteiger partial charge in [0.15, 0.2) is 0 Å². The number of aryl methyl sites for hydroxylation is 1. The zero-order valence-corrected chi connectivity index (χ0v) is 10.7. The van der Waals surface area contributed by atoms with Crippen LogP contribution in [0.3, 0.4) is 0 Å². The van der Waals surface area contributed by atoms with E-state index in [4.69, 9.17) is 10.5 Å². The second kappa shape index (κ2) is 5.98. The van der Waals surface area contributed by atoms with Crippen molar-refractivity contribution in [3.05, 3.63) is 35.4 Å². The Labute approximate surface area is 108 Å². The Hall–Kier alpha value is -1.39. The summed E-state index contributed by atoms with van der Waals surface area (Å²) >= 11 is 0. The van der Waals surface area contributed by atoms with E-state index >= 15 is 0 Å². The molecule has 0 heterocycles. The van der Waals surface area contributed by atoms with Gasteiger partial charge in [-0.15, -0.1) is 0 Å². The molecular formula is C14H20N2O2. The first-order valence-electron chi connectivity index (χ1n) is 6.35. The maximum atomic E-state index is 11.9. The van der Waals surface area contributed by atoms with E-state index in [9.17, 15) is 4.79 Å². The number of fused-ring (bicyclic) bond motifs is 1. The number of hydrogen-bond acceptors (Lipinski definition) is 3. The highest BCUT2D eigenvalue weighted by Crippen LogP contribution is 2.30. The Bertz CT molecular complexity index is 420. The molecule has 4 nitrogen and oxygen atoms in total. The number of hydrogen-bond donors (Lipinski definition) is 2. The number of benzene rings is 1. The van der Waals surface area contributed by atoms with E-state index < -0.39 is 6.04 Å². The predicted octanol–water partition coefficient (Wildman–Crippen LogP) is 1.15. The summed E-state index contributed by atoms with van der Waals surface area (Å²) in [5.74, 6) is -0.0891. The van der Waals surface area contributed by atoms with Crippen LogP contribution in [0.15, 0.2) is 24.3 Å². The fourth-order valence-electron chi connectivity index (χ4n) is 2.36. The summed E-state index contributed by atoms with van der Waals surface area (Å²) in [5, 5.41) is 3.02. The monoisotopic (exact) mass is 248 g/mol. The molecule has 0 fully saturated rings. The largest absolute Gasteiger partial charge is 0.385 e. The van der Waals surface area contributed by atoms with Gasteiger partial charge < -0.3 is 15.8 Å². The lowest BCUT2D eigenvalue weighted by Gasteiger charge is -2.17. The maximum Gasteiger partial charge on any atom is 0.237 e. The van der Waals surface area contributed by atoms with E-state index in [1.165, 1.54) is 11.1 Å². The quantitative estimate of drug-likeness (QED) is 0.821. The number of carbonyl (C=O) groups is 1. The van der Waals surface area contributed by atoms with Crippen molar-refractivity contribution in [1.82, 2.24) is 5.32 Å². The van der Waals surface area contributed by atoms with Gasteiger partial charge in [0.1, 0.15) is 0 Å². The third-order valence-corrected chi connectivity index (χ3v) is 3.42. The van der Waals surface area contributed by atoms with Crippen LogP contribution in [-0.2, 0) is 16.0 Å². The Morgan fingerprint density at radius 3 is 3.11 bits per heavy atom. The fourth-order valence-corrected chi connectivity index (χ4v) is 2.36. The first-order valence-corrected chi connectivity index (χ1v) is 6.35. The van der Waals surface area contributed by atoms with E-state index in [1.807, 2.05) is 12.1 Å². The molecule has 18 heavy (non-hydrogen) atoms. The van der Waals surface area contributed by atoms with Gasteiger partial charge in [0.05, 0.1) is 12.1 Å². The van der Waals surface area contributed by atoms with Gasteiger partial charge in [-0.1, -0.05) is 24.3 Å². The molecule has 0 saturated heterocycles. The third kappa shape index (κ3) is 2.89. The average molecular weight is 248 g/mol. The molecule has 1 amide bonds. The van der Waals surface area contributed by atoms with Gasteiger partial charge in [0, 0.05) is 13.7 Å². The molecular weight excluding hydrogens is 228 g/mol. The number of ether oxygens (including phenoxy) is 1. The molecule has 0 bridgehead atoms. The van der Waals surface area contributed by atoms with Gasteiger partial charge in [-0.3, -0.25) is 4.79 Å². The summed E-state index contributed by atoms with van der Waals surface area (Å²) < 4.78 is 4.93. The van der Waals surface area contributed by atoms with Crippen LogP contribution < -0.4 is 11.1 Å².